The summed E-state index contributed by atoms with van der Waals surface area (Å²) in [6.07, 6.45) is 2.26. The number of amides is 2. The van der Waals surface area contributed by atoms with Gasteiger partial charge in [-0.05, 0) is 37.5 Å². The number of anilines is 2. The summed E-state index contributed by atoms with van der Waals surface area (Å²) in [6.45, 7) is 2.32. The molecule has 5 heterocycles. The molecule has 2 N–H and O–H groups in total. The second-order valence-corrected chi connectivity index (χ2v) is 10.5. The van der Waals surface area contributed by atoms with E-state index < -0.39 is 0 Å². The third kappa shape index (κ3) is 4.60. The van der Waals surface area contributed by atoms with Gasteiger partial charge in [0.05, 0.1) is 23.4 Å². The number of aromatic nitrogens is 3. The first kappa shape index (κ1) is 24.7. The number of rotatable bonds is 1. The van der Waals surface area contributed by atoms with Crippen LogP contribution in [0.25, 0.3) is 5.65 Å². The largest absolute Gasteiger partial charge is 0.483 e. The average Bonchev–Trinajstić information content (AvgIpc) is 3.33. The van der Waals surface area contributed by atoms with Gasteiger partial charge < -0.3 is 29.9 Å². The first-order valence-corrected chi connectivity index (χ1v) is 13.3. The molecule has 3 aromatic rings. The molecule has 2 amide bonds. The zero-order chi connectivity index (χ0) is 26.4. The number of benzene rings is 1. The Morgan fingerprint density at radius 1 is 1.13 bits per heavy atom. The Balaban J connectivity index is 1.46. The highest BCUT2D eigenvalue weighted by molar-refractivity contribution is 6.31. The molecule has 0 spiro atoms. The van der Waals surface area contributed by atoms with Crippen molar-refractivity contribution >= 4 is 40.7 Å². The molecule has 2 aromatic heterocycles. The van der Waals surface area contributed by atoms with Crippen LogP contribution in [0.1, 0.15) is 41.4 Å². The Morgan fingerprint density at radius 3 is 2.79 bits per heavy atom. The van der Waals surface area contributed by atoms with Crippen LogP contribution in [0.2, 0.25) is 5.02 Å². The van der Waals surface area contributed by atoms with E-state index in [0.717, 1.165) is 36.6 Å². The van der Waals surface area contributed by atoms with Gasteiger partial charge in [0.25, 0.3) is 11.8 Å². The third-order valence-electron chi connectivity index (χ3n) is 7.40. The number of aliphatic hydroxyl groups excluding tert-OH is 1. The van der Waals surface area contributed by atoms with Gasteiger partial charge in [-0.1, -0.05) is 11.6 Å². The van der Waals surface area contributed by atoms with Crippen LogP contribution in [0.4, 0.5) is 11.6 Å². The van der Waals surface area contributed by atoms with Crippen LogP contribution in [0.15, 0.2) is 30.3 Å². The Labute approximate surface area is 224 Å². The number of aliphatic hydroxyl groups is 1. The number of carbonyl (C=O) groups excluding carboxylic acids is 2. The summed E-state index contributed by atoms with van der Waals surface area (Å²) in [5, 5.41) is 18.1. The minimum absolute atomic E-state index is 0.211. The first-order chi connectivity index (χ1) is 18.4. The zero-order valence-electron chi connectivity index (χ0n) is 21.1. The number of halogens is 1. The summed E-state index contributed by atoms with van der Waals surface area (Å²) < 4.78 is 7.59. The van der Waals surface area contributed by atoms with Gasteiger partial charge in [-0.15, -0.1) is 0 Å². The van der Waals surface area contributed by atoms with E-state index in [2.05, 4.69) is 5.32 Å². The van der Waals surface area contributed by atoms with Crippen molar-refractivity contribution in [2.45, 2.75) is 31.4 Å². The van der Waals surface area contributed by atoms with Gasteiger partial charge in [0, 0.05) is 56.9 Å². The Hall–Kier alpha value is -3.57. The van der Waals surface area contributed by atoms with Crippen LogP contribution in [-0.2, 0) is 4.79 Å². The predicted molar refractivity (Wildman–Crippen MR) is 142 cm³/mol. The molecule has 1 atom stereocenters. The standard InChI is InChI=1S/C26H30ClN7O4/c1-31-9-7-28-24(36)15-38-21-6-5-16(27)10-18(21)26(37)33-8-3-2-4-20(33)19-11-23-29-22(32-13-17(35)14-32)12-25(31)34(23)30-19/h5-6,10-12,17,20,35H,2-4,7-9,13-15H2,1H3,(H,28,36). The number of likely N-dealkylation sites (N-methyl/N-ethyl adjacent to an activating group) is 1. The summed E-state index contributed by atoms with van der Waals surface area (Å²) in [4.78, 5) is 37.1. The lowest BCUT2D eigenvalue weighted by atomic mass is 9.98. The van der Waals surface area contributed by atoms with Crippen LogP contribution in [0.5, 0.6) is 5.75 Å². The molecular formula is C26H30ClN7O4. The van der Waals surface area contributed by atoms with Crippen LogP contribution in [-0.4, -0.2) is 88.9 Å². The highest BCUT2D eigenvalue weighted by Crippen LogP contribution is 2.35. The fourth-order valence-corrected chi connectivity index (χ4v) is 5.48. The van der Waals surface area contributed by atoms with E-state index in [1.165, 1.54) is 0 Å². The molecular weight excluding hydrogens is 510 g/mol. The first-order valence-electron chi connectivity index (χ1n) is 12.9. The number of hydrogen-bond donors (Lipinski definition) is 2. The monoisotopic (exact) mass is 539 g/mol. The van der Waals surface area contributed by atoms with Gasteiger partial charge in [-0.2, -0.15) is 9.61 Å². The molecule has 0 aliphatic carbocycles. The number of β-amino-alcohol motifs (C(OH)–C–C–N with tert-alkyl or cyclic N) is 1. The Bertz CT molecular complexity index is 1390. The molecule has 200 valence electrons. The van der Waals surface area contributed by atoms with Gasteiger partial charge in [0.2, 0.25) is 0 Å². The second-order valence-electron chi connectivity index (χ2n) is 10.1. The van der Waals surface area contributed by atoms with Crippen molar-refractivity contribution in [2.75, 3.05) is 56.2 Å². The van der Waals surface area contributed by atoms with Crippen molar-refractivity contribution in [1.82, 2.24) is 24.8 Å². The lowest BCUT2D eigenvalue weighted by molar-refractivity contribution is -0.123. The maximum atomic E-state index is 13.9. The fourth-order valence-electron chi connectivity index (χ4n) is 5.31. The third-order valence-corrected chi connectivity index (χ3v) is 7.63. The molecule has 2 bridgehead atoms. The van der Waals surface area contributed by atoms with Crippen molar-refractivity contribution in [3.63, 3.8) is 0 Å². The topological polar surface area (TPSA) is 116 Å². The molecule has 1 aromatic carbocycles. The van der Waals surface area contributed by atoms with Gasteiger partial charge in [0.15, 0.2) is 12.3 Å². The number of nitrogens with zero attached hydrogens (tertiary/aromatic N) is 6. The number of hydrogen-bond acceptors (Lipinski definition) is 8. The van der Waals surface area contributed by atoms with E-state index in [9.17, 15) is 14.7 Å². The lowest BCUT2D eigenvalue weighted by Crippen LogP contribution is -2.51. The van der Waals surface area contributed by atoms with Crippen LogP contribution >= 0.6 is 11.6 Å². The minimum atomic E-state index is -0.361. The molecule has 1 unspecified atom stereocenters. The van der Waals surface area contributed by atoms with Gasteiger partial charge >= 0.3 is 0 Å². The van der Waals surface area contributed by atoms with Gasteiger partial charge in [-0.25, -0.2) is 4.98 Å². The van der Waals surface area contributed by atoms with Gasteiger partial charge in [0.1, 0.15) is 17.4 Å². The minimum Gasteiger partial charge on any atom is -0.483 e. The van der Waals surface area contributed by atoms with E-state index in [1.807, 2.05) is 33.9 Å². The lowest BCUT2D eigenvalue weighted by Gasteiger charge is -2.37. The van der Waals surface area contributed by atoms with Gasteiger partial charge in [-0.3, -0.25) is 9.59 Å². The van der Waals surface area contributed by atoms with E-state index in [4.69, 9.17) is 26.4 Å². The summed E-state index contributed by atoms with van der Waals surface area (Å²) >= 11 is 6.27. The SMILES string of the molecule is CN1CCNC(=O)COc2ccc(Cl)cc2C(=O)N2CCCCC2c2cc3nc(N4CC(O)C4)cc1n3n2. The molecule has 0 radical (unpaired) electrons. The molecule has 6 rings (SSSR count). The molecule has 2 fully saturated rings. The molecule has 3 aliphatic rings. The maximum Gasteiger partial charge on any atom is 0.258 e. The van der Waals surface area contributed by atoms with Crippen molar-refractivity contribution in [1.29, 1.82) is 0 Å². The summed E-state index contributed by atoms with van der Waals surface area (Å²) in [5.74, 6) is 1.39. The zero-order valence-corrected chi connectivity index (χ0v) is 21.9. The van der Waals surface area contributed by atoms with E-state index in [0.29, 0.717) is 54.7 Å². The normalized spacial score (nSPS) is 21.1. The average molecular weight is 540 g/mol. The number of nitrogens with one attached hydrogen (secondary N) is 1. The quantitative estimate of drug-likeness (QED) is 0.481. The molecule has 12 heteroatoms. The van der Waals surface area contributed by atoms with Crippen molar-refractivity contribution in [3.8, 4) is 5.75 Å². The second kappa shape index (κ2) is 9.95. The fraction of sp³-hybridized carbons (Fsp3) is 0.462. The highest BCUT2D eigenvalue weighted by Gasteiger charge is 2.33. The Morgan fingerprint density at radius 2 is 1.97 bits per heavy atom. The summed E-state index contributed by atoms with van der Waals surface area (Å²) in [5.41, 5.74) is 1.76. The smallest absolute Gasteiger partial charge is 0.258 e. The molecule has 11 nitrogen and oxygen atoms in total. The van der Waals surface area contributed by atoms with Crippen LogP contribution in [0.3, 0.4) is 0 Å². The van der Waals surface area contributed by atoms with Crippen molar-refractivity contribution in [2.24, 2.45) is 0 Å². The summed E-state index contributed by atoms with van der Waals surface area (Å²) in [7, 11) is 1.94. The van der Waals surface area contributed by atoms with E-state index >= 15 is 0 Å². The van der Waals surface area contributed by atoms with Crippen molar-refractivity contribution < 1.29 is 19.4 Å². The molecule has 2 saturated heterocycles. The number of carbonyl (C=O) groups is 2. The molecule has 0 saturated carbocycles. The Kier molecular flexibility index (Phi) is 6.48. The van der Waals surface area contributed by atoms with E-state index in [1.54, 1.807) is 22.7 Å². The maximum absolute atomic E-state index is 13.9. The summed E-state index contributed by atoms with van der Waals surface area (Å²) in [6, 6.07) is 8.53. The van der Waals surface area contributed by atoms with E-state index in [-0.39, 0.29) is 30.6 Å². The van der Waals surface area contributed by atoms with Crippen molar-refractivity contribution in [3.05, 3.63) is 46.6 Å². The molecule has 38 heavy (non-hydrogen) atoms. The molecule has 3 aliphatic heterocycles. The van der Waals surface area contributed by atoms with Crippen LogP contribution in [0, 0.1) is 0 Å². The highest BCUT2D eigenvalue weighted by atomic mass is 35.5. The number of fused-ring (bicyclic) bond motifs is 4. The number of ether oxygens (including phenoxy) is 1. The van der Waals surface area contributed by atoms with Crippen LogP contribution < -0.4 is 19.9 Å². The number of piperidine rings is 1. The predicted octanol–water partition coefficient (Wildman–Crippen LogP) is 1.88.